The Bertz CT molecular complexity index is 446. The first-order valence-electron chi connectivity index (χ1n) is 7.76. The molecule has 0 spiro atoms. The minimum atomic E-state index is -0.0366. The van der Waals surface area contributed by atoms with E-state index in [1.54, 1.807) is 14.2 Å². The van der Waals surface area contributed by atoms with Crippen molar-refractivity contribution in [3.63, 3.8) is 0 Å². The van der Waals surface area contributed by atoms with Gasteiger partial charge in [-0.05, 0) is 48.9 Å². The van der Waals surface area contributed by atoms with Gasteiger partial charge in [-0.2, -0.15) is 0 Å². The maximum absolute atomic E-state index is 6.44. The number of methoxy groups -OCH3 is 2. The maximum atomic E-state index is 6.44. The first kappa shape index (κ1) is 16.6. The molecule has 1 aliphatic carbocycles. The Kier molecular flexibility index (Phi) is 6.34. The molecule has 1 aliphatic rings. The molecule has 21 heavy (non-hydrogen) atoms. The van der Waals surface area contributed by atoms with Gasteiger partial charge in [0.05, 0.1) is 13.2 Å². The van der Waals surface area contributed by atoms with Gasteiger partial charge in [0.2, 0.25) is 0 Å². The van der Waals surface area contributed by atoms with E-state index in [-0.39, 0.29) is 12.1 Å². The van der Waals surface area contributed by atoms with E-state index in [1.807, 2.05) is 18.2 Å². The summed E-state index contributed by atoms with van der Waals surface area (Å²) < 4.78 is 11.1. The highest BCUT2D eigenvalue weighted by Gasteiger charge is 2.29. The average molecular weight is 312 g/mol. The summed E-state index contributed by atoms with van der Waals surface area (Å²) in [6.45, 7) is 0. The van der Waals surface area contributed by atoms with Gasteiger partial charge in [-0.3, -0.25) is 0 Å². The summed E-state index contributed by atoms with van der Waals surface area (Å²) in [7, 11) is 3.45. The smallest absolute Gasteiger partial charge is 0.122 e. The number of nitrogens with two attached hydrogens (primary N) is 1. The van der Waals surface area contributed by atoms with Gasteiger partial charge in [-0.1, -0.05) is 30.9 Å². The van der Waals surface area contributed by atoms with E-state index in [0.717, 1.165) is 17.7 Å². The lowest BCUT2D eigenvalue weighted by Gasteiger charge is -2.33. The molecular formula is C17H26ClNO2. The van der Waals surface area contributed by atoms with E-state index in [9.17, 15) is 0 Å². The molecule has 1 saturated carbocycles. The number of hydrogen-bond donors (Lipinski definition) is 1. The van der Waals surface area contributed by atoms with E-state index in [0.29, 0.717) is 10.9 Å². The standard InChI is InChI=1S/C17H26ClNO2/c1-20-16-9-8-14(18)10-13(16)11-15(19)17(21-2)12-6-4-3-5-7-12/h8-10,12,15,17H,3-7,11,19H2,1-2H3. The molecule has 0 amide bonds. The third-order valence-corrected chi connectivity index (χ3v) is 4.74. The summed E-state index contributed by atoms with van der Waals surface area (Å²) >= 11 is 6.09. The molecule has 0 aliphatic heterocycles. The molecule has 0 heterocycles. The van der Waals surface area contributed by atoms with E-state index >= 15 is 0 Å². The molecule has 0 radical (unpaired) electrons. The highest BCUT2D eigenvalue weighted by Crippen LogP contribution is 2.31. The van der Waals surface area contributed by atoms with Crippen molar-refractivity contribution in [3.05, 3.63) is 28.8 Å². The van der Waals surface area contributed by atoms with Gasteiger partial charge in [0.25, 0.3) is 0 Å². The predicted octanol–water partition coefficient (Wildman–Crippen LogP) is 3.81. The van der Waals surface area contributed by atoms with Crippen LogP contribution in [0.2, 0.25) is 5.02 Å². The third kappa shape index (κ3) is 4.35. The van der Waals surface area contributed by atoms with Crippen LogP contribution < -0.4 is 10.5 Å². The Hall–Kier alpha value is -0.770. The van der Waals surface area contributed by atoms with E-state index < -0.39 is 0 Å². The minimum Gasteiger partial charge on any atom is -0.496 e. The Labute approximate surface area is 132 Å². The Morgan fingerprint density at radius 2 is 1.95 bits per heavy atom. The van der Waals surface area contributed by atoms with Crippen LogP contribution in [0.3, 0.4) is 0 Å². The number of halogens is 1. The van der Waals surface area contributed by atoms with Crippen LogP contribution in [0.4, 0.5) is 0 Å². The molecule has 1 aromatic carbocycles. The van der Waals surface area contributed by atoms with Gasteiger partial charge >= 0.3 is 0 Å². The maximum Gasteiger partial charge on any atom is 0.122 e. The third-order valence-electron chi connectivity index (χ3n) is 4.51. The van der Waals surface area contributed by atoms with Crippen LogP contribution in [0.25, 0.3) is 0 Å². The lowest BCUT2D eigenvalue weighted by Crippen LogP contribution is -2.43. The Morgan fingerprint density at radius 1 is 1.24 bits per heavy atom. The van der Waals surface area contributed by atoms with Crippen LogP contribution in [-0.4, -0.2) is 26.4 Å². The van der Waals surface area contributed by atoms with Crippen molar-refractivity contribution in [2.75, 3.05) is 14.2 Å². The molecular weight excluding hydrogens is 286 g/mol. The van der Waals surface area contributed by atoms with Crippen molar-refractivity contribution < 1.29 is 9.47 Å². The second kappa shape index (κ2) is 8.02. The fraction of sp³-hybridized carbons (Fsp3) is 0.647. The summed E-state index contributed by atoms with van der Waals surface area (Å²) in [5.74, 6) is 1.41. The van der Waals surface area contributed by atoms with Gasteiger partial charge in [-0.15, -0.1) is 0 Å². The second-order valence-corrected chi connectivity index (χ2v) is 6.36. The zero-order valence-corrected chi connectivity index (χ0v) is 13.7. The average Bonchev–Trinajstić information content (AvgIpc) is 2.49. The van der Waals surface area contributed by atoms with Crippen molar-refractivity contribution >= 4 is 11.6 Å². The molecule has 2 atom stereocenters. The van der Waals surface area contributed by atoms with Gasteiger partial charge < -0.3 is 15.2 Å². The Balaban J connectivity index is 2.07. The highest BCUT2D eigenvalue weighted by atomic mass is 35.5. The Morgan fingerprint density at radius 3 is 2.57 bits per heavy atom. The SMILES string of the molecule is COc1ccc(Cl)cc1CC(N)C(OC)C1CCCCC1. The topological polar surface area (TPSA) is 44.5 Å². The van der Waals surface area contributed by atoms with Crippen LogP contribution in [0.5, 0.6) is 5.75 Å². The number of ether oxygens (including phenoxy) is 2. The fourth-order valence-electron chi connectivity index (χ4n) is 3.46. The summed E-state index contributed by atoms with van der Waals surface area (Å²) in [4.78, 5) is 0. The molecule has 118 valence electrons. The van der Waals surface area contributed by atoms with Gasteiger partial charge in [0.1, 0.15) is 5.75 Å². The van der Waals surface area contributed by atoms with Crippen molar-refractivity contribution in [1.82, 2.24) is 0 Å². The zero-order valence-electron chi connectivity index (χ0n) is 13.0. The lowest BCUT2D eigenvalue weighted by molar-refractivity contribution is 0.0178. The summed E-state index contributed by atoms with van der Waals surface area (Å²) in [5, 5.41) is 0.713. The van der Waals surface area contributed by atoms with Crippen molar-refractivity contribution in [2.45, 2.75) is 50.7 Å². The normalized spacial score (nSPS) is 19.2. The van der Waals surface area contributed by atoms with Gasteiger partial charge in [0.15, 0.2) is 0 Å². The minimum absolute atomic E-state index is 0.0366. The van der Waals surface area contributed by atoms with Crippen LogP contribution in [0, 0.1) is 5.92 Å². The summed E-state index contributed by atoms with van der Waals surface area (Å²) in [6.07, 6.45) is 7.19. The number of hydrogen-bond acceptors (Lipinski definition) is 3. The molecule has 4 heteroatoms. The second-order valence-electron chi connectivity index (χ2n) is 5.92. The zero-order chi connectivity index (χ0) is 15.2. The first-order valence-corrected chi connectivity index (χ1v) is 8.14. The molecule has 1 aromatic rings. The molecule has 0 saturated heterocycles. The molecule has 2 rings (SSSR count). The number of benzene rings is 1. The summed E-state index contributed by atoms with van der Waals surface area (Å²) in [6, 6.07) is 5.64. The van der Waals surface area contributed by atoms with E-state index in [4.69, 9.17) is 26.8 Å². The summed E-state index contributed by atoms with van der Waals surface area (Å²) in [5.41, 5.74) is 7.49. The van der Waals surface area contributed by atoms with Gasteiger partial charge in [0, 0.05) is 18.2 Å². The molecule has 0 bridgehead atoms. The largest absolute Gasteiger partial charge is 0.496 e. The van der Waals surface area contributed by atoms with Crippen molar-refractivity contribution in [3.8, 4) is 5.75 Å². The van der Waals surface area contributed by atoms with Crippen LogP contribution >= 0.6 is 11.6 Å². The van der Waals surface area contributed by atoms with Gasteiger partial charge in [-0.25, -0.2) is 0 Å². The molecule has 2 unspecified atom stereocenters. The highest BCUT2D eigenvalue weighted by molar-refractivity contribution is 6.30. The molecule has 1 fully saturated rings. The van der Waals surface area contributed by atoms with Crippen LogP contribution in [0.15, 0.2) is 18.2 Å². The van der Waals surface area contributed by atoms with E-state index in [1.165, 1.54) is 32.1 Å². The monoisotopic (exact) mass is 311 g/mol. The number of rotatable bonds is 6. The molecule has 0 aromatic heterocycles. The predicted molar refractivity (Wildman–Crippen MR) is 87.1 cm³/mol. The lowest BCUT2D eigenvalue weighted by atomic mass is 9.81. The first-order chi connectivity index (χ1) is 10.2. The quantitative estimate of drug-likeness (QED) is 0.868. The van der Waals surface area contributed by atoms with Crippen molar-refractivity contribution in [1.29, 1.82) is 0 Å². The van der Waals surface area contributed by atoms with Crippen LogP contribution in [-0.2, 0) is 11.2 Å². The van der Waals surface area contributed by atoms with E-state index in [2.05, 4.69) is 0 Å². The van der Waals surface area contributed by atoms with Crippen molar-refractivity contribution in [2.24, 2.45) is 11.7 Å². The van der Waals surface area contributed by atoms with Crippen LogP contribution in [0.1, 0.15) is 37.7 Å². The molecule has 2 N–H and O–H groups in total. The molecule has 3 nitrogen and oxygen atoms in total. The fourth-order valence-corrected chi connectivity index (χ4v) is 3.65.